The molecule has 4 rings (SSSR count). The van der Waals surface area contributed by atoms with Crippen LogP contribution in [0.1, 0.15) is 55.6 Å². The van der Waals surface area contributed by atoms with Gasteiger partial charge in [0.05, 0.1) is 11.7 Å². The predicted molar refractivity (Wildman–Crippen MR) is 115 cm³/mol. The second kappa shape index (κ2) is 6.93. The Morgan fingerprint density at radius 1 is 1.14 bits per heavy atom. The molecule has 1 aliphatic carbocycles. The van der Waals surface area contributed by atoms with Crippen LogP contribution < -0.4 is 10.6 Å². The van der Waals surface area contributed by atoms with Crippen LogP contribution >= 0.6 is 0 Å². The molecule has 0 saturated heterocycles. The maximum atomic E-state index is 12.7. The third kappa shape index (κ3) is 3.59. The Labute approximate surface area is 166 Å². The molecule has 0 bridgehead atoms. The van der Waals surface area contributed by atoms with Crippen LogP contribution in [0.5, 0.6) is 0 Å². The molecule has 0 radical (unpaired) electrons. The number of aryl methyl sites for hydroxylation is 2. The summed E-state index contributed by atoms with van der Waals surface area (Å²) in [5.74, 6) is 0. The molecule has 0 saturated carbocycles. The van der Waals surface area contributed by atoms with Crippen molar-refractivity contribution in [1.29, 1.82) is 0 Å². The van der Waals surface area contributed by atoms with Crippen molar-refractivity contribution in [1.82, 2.24) is 10.3 Å². The van der Waals surface area contributed by atoms with E-state index in [1.807, 2.05) is 37.4 Å². The van der Waals surface area contributed by atoms with Crippen LogP contribution in [-0.4, -0.2) is 11.0 Å². The molecular formula is C24H27N3O. The average Bonchev–Trinajstić information content (AvgIpc) is 3.03. The number of carbonyl (C=O) groups is 1. The van der Waals surface area contributed by atoms with Gasteiger partial charge in [-0.3, -0.25) is 4.98 Å². The van der Waals surface area contributed by atoms with E-state index in [1.165, 1.54) is 16.7 Å². The number of aromatic nitrogens is 1. The number of pyridine rings is 1. The number of hydrogen-bond acceptors (Lipinski definition) is 2. The second-order valence-corrected chi connectivity index (χ2v) is 8.71. The zero-order valence-electron chi connectivity index (χ0n) is 17.0. The van der Waals surface area contributed by atoms with E-state index in [0.29, 0.717) is 0 Å². The van der Waals surface area contributed by atoms with E-state index in [9.17, 15) is 4.79 Å². The fourth-order valence-electron chi connectivity index (χ4n) is 3.93. The number of benzene rings is 2. The summed E-state index contributed by atoms with van der Waals surface area (Å²) in [7, 11) is 0. The molecule has 4 heteroatoms. The van der Waals surface area contributed by atoms with Crippen LogP contribution in [0.25, 0.3) is 10.8 Å². The standard InChI is InChI=1S/C24H27N3O/c1-15-12-20-17(14-25-15)6-5-7-21(20)26-23(28)27-22-11-8-16-13-18(24(2,3)4)9-10-19(16)22/h5-7,9-10,12-14,22H,8,11H2,1-4H3,(H2,26,27,28). The lowest BCUT2D eigenvalue weighted by Gasteiger charge is -2.21. The average molecular weight is 374 g/mol. The fraction of sp³-hybridized carbons (Fsp3) is 0.333. The molecule has 1 atom stereocenters. The molecule has 0 spiro atoms. The first kappa shape index (κ1) is 18.5. The van der Waals surface area contributed by atoms with Gasteiger partial charge >= 0.3 is 6.03 Å². The van der Waals surface area contributed by atoms with Crippen molar-refractivity contribution in [3.8, 4) is 0 Å². The minimum atomic E-state index is -0.167. The highest BCUT2D eigenvalue weighted by atomic mass is 16.2. The molecule has 28 heavy (non-hydrogen) atoms. The van der Waals surface area contributed by atoms with Crippen LogP contribution in [0, 0.1) is 6.92 Å². The van der Waals surface area contributed by atoms with Gasteiger partial charge in [0.25, 0.3) is 0 Å². The number of anilines is 1. The van der Waals surface area contributed by atoms with Crippen molar-refractivity contribution in [3.63, 3.8) is 0 Å². The van der Waals surface area contributed by atoms with Gasteiger partial charge in [-0.2, -0.15) is 0 Å². The zero-order chi connectivity index (χ0) is 19.9. The lowest BCUT2D eigenvalue weighted by atomic mass is 9.85. The Morgan fingerprint density at radius 2 is 1.96 bits per heavy atom. The number of urea groups is 1. The highest BCUT2D eigenvalue weighted by molar-refractivity contribution is 6.01. The number of nitrogens with one attached hydrogen (secondary N) is 2. The summed E-state index contributed by atoms with van der Waals surface area (Å²) >= 11 is 0. The van der Waals surface area contributed by atoms with Crippen molar-refractivity contribution in [2.45, 2.75) is 52.0 Å². The molecule has 1 unspecified atom stereocenters. The first-order valence-electron chi connectivity index (χ1n) is 9.87. The quantitative estimate of drug-likeness (QED) is 0.610. The minimum Gasteiger partial charge on any atom is -0.331 e. The van der Waals surface area contributed by atoms with Crippen molar-refractivity contribution >= 4 is 22.5 Å². The molecule has 0 aliphatic heterocycles. The number of nitrogens with zero attached hydrogens (tertiary/aromatic N) is 1. The second-order valence-electron chi connectivity index (χ2n) is 8.71. The summed E-state index contributed by atoms with van der Waals surface area (Å²) in [5.41, 5.74) is 5.81. The number of rotatable bonds is 2. The minimum absolute atomic E-state index is 0.0578. The summed E-state index contributed by atoms with van der Waals surface area (Å²) in [6, 6.07) is 14.4. The Morgan fingerprint density at radius 3 is 2.75 bits per heavy atom. The normalized spacial score (nSPS) is 16.1. The van der Waals surface area contributed by atoms with E-state index in [1.54, 1.807) is 0 Å². The van der Waals surface area contributed by atoms with Crippen LogP contribution in [0.4, 0.5) is 10.5 Å². The van der Waals surface area contributed by atoms with E-state index in [-0.39, 0.29) is 17.5 Å². The van der Waals surface area contributed by atoms with Crippen molar-refractivity contribution < 1.29 is 4.79 Å². The first-order valence-corrected chi connectivity index (χ1v) is 9.87. The van der Waals surface area contributed by atoms with Crippen LogP contribution in [0.15, 0.2) is 48.7 Å². The third-order valence-corrected chi connectivity index (χ3v) is 5.54. The molecule has 3 aromatic rings. The molecule has 2 N–H and O–H groups in total. The largest absolute Gasteiger partial charge is 0.331 e. The van der Waals surface area contributed by atoms with Crippen LogP contribution in [0.2, 0.25) is 0 Å². The van der Waals surface area contributed by atoms with Gasteiger partial charge in [0.2, 0.25) is 0 Å². The predicted octanol–water partition coefficient (Wildman–Crippen LogP) is 5.65. The fourth-order valence-corrected chi connectivity index (χ4v) is 3.93. The molecule has 1 aliphatic rings. The van der Waals surface area contributed by atoms with E-state index in [4.69, 9.17) is 0 Å². The maximum Gasteiger partial charge on any atom is 0.319 e. The zero-order valence-corrected chi connectivity index (χ0v) is 17.0. The first-order chi connectivity index (χ1) is 13.3. The Balaban J connectivity index is 1.51. The summed E-state index contributed by atoms with van der Waals surface area (Å²) in [4.78, 5) is 17.0. The van der Waals surface area contributed by atoms with Crippen LogP contribution in [-0.2, 0) is 11.8 Å². The van der Waals surface area contributed by atoms with Gasteiger partial charge < -0.3 is 10.6 Å². The van der Waals surface area contributed by atoms with Gasteiger partial charge in [-0.05, 0) is 54.0 Å². The van der Waals surface area contributed by atoms with Crippen molar-refractivity contribution in [3.05, 3.63) is 71.0 Å². The lowest BCUT2D eigenvalue weighted by molar-refractivity contribution is 0.248. The monoisotopic (exact) mass is 373 g/mol. The number of fused-ring (bicyclic) bond motifs is 2. The van der Waals surface area contributed by atoms with E-state index >= 15 is 0 Å². The van der Waals surface area contributed by atoms with Crippen LogP contribution in [0.3, 0.4) is 0 Å². The smallest absolute Gasteiger partial charge is 0.319 e. The topological polar surface area (TPSA) is 54.0 Å². The Hall–Kier alpha value is -2.88. The summed E-state index contributed by atoms with van der Waals surface area (Å²) in [5, 5.41) is 8.21. The molecule has 0 fully saturated rings. The number of hydrogen-bond donors (Lipinski definition) is 2. The van der Waals surface area contributed by atoms with Crippen molar-refractivity contribution in [2.24, 2.45) is 0 Å². The number of amides is 2. The van der Waals surface area contributed by atoms with Gasteiger partial charge in [-0.1, -0.05) is 51.1 Å². The molecule has 2 amide bonds. The molecule has 2 aromatic carbocycles. The summed E-state index contributed by atoms with van der Waals surface area (Å²) in [6.45, 7) is 8.65. The molecule has 4 nitrogen and oxygen atoms in total. The van der Waals surface area contributed by atoms with Gasteiger partial charge in [0.15, 0.2) is 0 Å². The van der Waals surface area contributed by atoms with E-state index in [2.05, 4.69) is 54.6 Å². The molecular weight excluding hydrogens is 346 g/mol. The highest BCUT2D eigenvalue weighted by Gasteiger charge is 2.26. The van der Waals surface area contributed by atoms with Gasteiger partial charge in [-0.25, -0.2) is 4.79 Å². The van der Waals surface area contributed by atoms with E-state index in [0.717, 1.165) is 35.0 Å². The summed E-state index contributed by atoms with van der Waals surface area (Å²) in [6.07, 6.45) is 3.78. The lowest BCUT2D eigenvalue weighted by Crippen LogP contribution is -2.31. The van der Waals surface area contributed by atoms with Gasteiger partial charge in [0.1, 0.15) is 0 Å². The third-order valence-electron chi connectivity index (χ3n) is 5.54. The molecule has 1 heterocycles. The highest BCUT2D eigenvalue weighted by Crippen LogP contribution is 2.34. The number of carbonyl (C=O) groups excluding carboxylic acids is 1. The van der Waals surface area contributed by atoms with E-state index < -0.39 is 0 Å². The Bertz CT molecular complexity index is 1050. The molecule has 144 valence electrons. The SMILES string of the molecule is Cc1cc2c(NC(=O)NC3CCc4cc(C(C)(C)C)ccc43)cccc2cn1. The van der Waals surface area contributed by atoms with Gasteiger partial charge in [-0.15, -0.1) is 0 Å². The molecule has 1 aromatic heterocycles. The Kier molecular flexibility index (Phi) is 4.58. The van der Waals surface area contributed by atoms with Gasteiger partial charge in [0, 0.05) is 22.7 Å². The summed E-state index contributed by atoms with van der Waals surface area (Å²) < 4.78 is 0. The maximum absolute atomic E-state index is 12.7. The van der Waals surface area contributed by atoms with Crippen molar-refractivity contribution in [2.75, 3.05) is 5.32 Å².